The fraction of sp³-hybridized carbons (Fsp3) is 0. The molecule has 0 amide bonds. The lowest BCUT2D eigenvalue weighted by atomic mass is 9.94. The number of fused-ring (bicyclic) bond motifs is 6. The number of benzene rings is 12. The molecular weight excluding hydrogens is 821 g/mol. The van der Waals surface area contributed by atoms with E-state index < -0.39 is 0 Å². The second-order valence-corrected chi connectivity index (χ2v) is 17.8. The van der Waals surface area contributed by atoms with Gasteiger partial charge in [-0.2, -0.15) is 0 Å². The van der Waals surface area contributed by atoms with Crippen LogP contribution in [0.25, 0.3) is 104 Å². The Hall–Kier alpha value is -8.98. The number of hydrogen-bond acceptors (Lipinski definition) is 1. The average Bonchev–Trinajstić information content (AvgIpc) is 3.75. The lowest BCUT2D eigenvalue weighted by molar-refractivity contribution is 1.18. The zero-order valence-corrected chi connectivity index (χ0v) is 37.3. The molecule has 0 atom stereocenters. The molecule has 0 radical (unpaired) electrons. The van der Waals surface area contributed by atoms with Crippen LogP contribution in [0.1, 0.15) is 0 Å². The highest BCUT2D eigenvalue weighted by Crippen LogP contribution is 2.45. The summed E-state index contributed by atoms with van der Waals surface area (Å²) in [7, 11) is 0. The minimum absolute atomic E-state index is 1.07. The minimum atomic E-state index is 1.07. The number of nitrogens with zero attached hydrogens (tertiary/aromatic N) is 2. The fourth-order valence-electron chi connectivity index (χ4n) is 10.3. The smallest absolute Gasteiger partial charge is 0.0546 e. The molecule has 13 aromatic rings. The first-order valence-electron chi connectivity index (χ1n) is 23.4. The SMILES string of the molecule is c1cc(-c2ccc(N(c3ccc(-c4ccc5ccccc5c4)cc3)c3cc(-c4ccc5ccccc5c4)ccc3-c3ccc4ccccc4c3)cc2)cc(-n2c3ccccc3c3ccccc32)c1. The van der Waals surface area contributed by atoms with E-state index in [1.54, 1.807) is 0 Å². The third-order valence-electron chi connectivity index (χ3n) is 13.7. The predicted molar refractivity (Wildman–Crippen MR) is 290 cm³/mol. The fourth-order valence-corrected chi connectivity index (χ4v) is 10.3. The van der Waals surface area contributed by atoms with Crippen molar-refractivity contribution in [2.24, 2.45) is 0 Å². The molecule has 68 heavy (non-hydrogen) atoms. The molecule has 0 fully saturated rings. The van der Waals surface area contributed by atoms with Crippen LogP contribution in [-0.4, -0.2) is 4.57 Å². The van der Waals surface area contributed by atoms with Gasteiger partial charge in [0.15, 0.2) is 0 Å². The molecule has 0 aliphatic carbocycles. The molecule has 318 valence electrons. The van der Waals surface area contributed by atoms with Gasteiger partial charge in [-0.15, -0.1) is 0 Å². The van der Waals surface area contributed by atoms with E-state index in [4.69, 9.17) is 0 Å². The predicted octanol–water partition coefficient (Wildman–Crippen LogP) is 18.4. The van der Waals surface area contributed by atoms with Crippen molar-refractivity contribution in [2.75, 3.05) is 4.90 Å². The Morgan fingerprint density at radius 1 is 0.250 bits per heavy atom. The van der Waals surface area contributed by atoms with Gasteiger partial charge in [0.2, 0.25) is 0 Å². The highest BCUT2D eigenvalue weighted by Gasteiger charge is 2.20. The van der Waals surface area contributed by atoms with E-state index in [0.717, 1.165) is 45.0 Å². The summed E-state index contributed by atoms with van der Waals surface area (Å²) < 4.78 is 2.39. The molecule has 0 N–H and O–H groups in total. The van der Waals surface area contributed by atoms with Gasteiger partial charge in [0, 0.05) is 33.4 Å². The van der Waals surface area contributed by atoms with Crippen molar-refractivity contribution in [1.29, 1.82) is 0 Å². The molecule has 0 aliphatic heterocycles. The van der Waals surface area contributed by atoms with Crippen molar-refractivity contribution in [2.45, 2.75) is 0 Å². The summed E-state index contributed by atoms with van der Waals surface area (Å²) in [6, 6.07) is 97.8. The highest BCUT2D eigenvalue weighted by atomic mass is 15.1. The maximum Gasteiger partial charge on any atom is 0.0546 e. The summed E-state index contributed by atoms with van der Waals surface area (Å²) in [5, 5.41) is 9.90. The highest BCUT2D eigenvalue weighted by molar-refractivity contribution is 6.09. The summed E-state index contributed by atoms with van der Waals surface area (Å²) >= 11 is 0. The van der Waals surface area contributed by atoms with Gasteiger partial charge in [0.25, 0.3) is 0 Å². The maximum absolute atomic E-state index is 2.44. The molecule has 0 unspecified atom stereocenters. The van der Waals surface area contributed by atoms with E-state index in [-0.39, 0.29) is 0 Å². The third kappa shape index (κ3) is 6.99. The second kappa shape index (κ2) is 16.5. The van der Waals surface area contributed by atoms with Crippen LogP contribution >= 0.6 is 0 Å². The van der Waals surface area contributed by atoms with Crippen LogP contribution in [0.2, 0.25) is 0 Å². The zero-order chi connectivity index (χ0) is 45.0. The molecule has 0 aliphatic rings. The lowest BCUT2D eigenvalue weighted by Gasteiger charge is -2.29. The molecule has 0 saturated carbocycles. The Morgan fingerprint density at radius 3 is 1.19 bits per heavy atom. The molecule has 2 nitrogen and oxygen atoms in total. The summed E-state index contributed by atoms with van der Waals surface area (Å²) in [4.78, 5) is 2.44. The van der Waals surface area contributed by atoms with Crippen LogP contribution in [0.5, 0.6) is 0 Å². The van der Waals surface area contributed by atoms with E-state index in [1.807, 2.05) is 0 Å². The molecule has 1 heterocycles. The van der Waals surface area contributed by atoms with E-state index in [1.165, 1.54) is 76.4 Å². The third-order valence-corrected chi connectivity index (χ3v) is 13.7. The van der Waals surface area contributed by atoms with Gasteiger partial charge in [-0.25, -0.2) is 0 Å². The van der Waals surface area contributed by atoms with E-state index in [2.05, 4.69) is 276 Å². The molecule has 12 aromatic carbocycles. The normalized spacial score (nSPS) is 11.5. The summed E-state index contributed by atoms with van der Waals surface area (Å²) in [6.07, 6.45) is 0. The van der Waals surface area contributed by atoms with Crippen molar-refractivity contribution in [1.82, 2.24) is 4.57 Å². The van der Waals surface area contributed by atoms with E-state index >= 15 is 0 Å². The van der Waals surface area contributed by atoms with Gasteiger partial charge in [-0.1, -0.05) is 194 Å². The lowest BCUT2D eigenvalue weighted by Crippen LogP contribution is -2.11. The van der Waals surface area contributed by atoms with Crippen LogP contribution < -0.4 is 4.90 Å². The Labute approximate surface area is 395 Å². The van der Waals surface area contributed by atoms with Crippen LogP contribution in [-0.2, 0) is 0 Å². The average molecular weight is 865 g/mol. The monoisotopic (exact) mass is 864 g/mol. The Bertz CT molecular complexity index is 3970. The van der Waals surface area contributed by atoms with E-state index in [9.17, 15) is 0 Å². The Kier molecular flexibility index (Phi) is 9.54. The molecule has 1 aromatic heterocycles. The largest absolute Gasteiger partial charge is 0.310 e. The Morgan fingerprint density at radius 2 is 0.647 bits per heavy atom. The van der Waals surface area contributed by atoms with Crippen LogP contribution in [0, 0.1) is 0 Å². The quantitative estimate of drug-likeness (QED) is 0.148. The van der Waals surface area contributed by atoms with Crippen molar-refractivity contribution in [3.63, 3.8) is 0 Å². The van der Waals surface area contributed by atoms with Crippen molar-refractivity contribution in [3.05, 3.63) is 267 Å². The molecule has 13 rings (SSSR count). The molecule has 0 bridgehead atoms. The zero-order valence-electron chi connectivity index (χ0n) is 37.3. The van der Waals surface area contributed by atoms with Gasteiger partial charge in [0.05, 0.1) is 16.7 Å². The Balaban J connectivity index is 0.969. The van der Waals surface area contributed by atoms with Gasteiger partial charge < -0.3 is 9.47 Å². The topological polar surface area (TPSA) is 8.17 Å². The first kappa shape index (κ1) is 39.4. The number of rotatable bonds is 8. The number of aromatic nitrogens is 1. The summed E-state index contributed by atoms with van der Waals surface area (Å²) in [6.45, 7) is 0. The van der Waals surface area contributed by atoms with Crippen molar-refractivity contribution in [3.8, 4) is 50.2 Å². The standard InChI is InChI=1S/C66H44N2/c1-4-15-50-40-54(27-24-45(50)12-1)49-32-37-59(38-33-49)67(58-35-30-48(31-36-58)53-18-11-19-60(43-53)68-64-22-9-7-20-62(64)63-21-8-10-23-65(63)68)66-44-56(55-28-25-46-13-2-5-16-51(46)41-55)34-39-61(66)57-29-26-47-14-3-6-17-52(47)42-57/h1-44H. The first-order valence-corrected chi connectivity index (χ1v) is 23.4. The van der Waals surface area contributed by atoms with Crippen LogP contribution in [0.4, 0.5) is 17.1 Å². The molecular formula is C66H44N2. The molecule has 0 spiro atoms. The van der Waals surface area contributed by atoms with Gasteiger partial charge in [-0.05, 0) is 144 Å². The second-order valence-electron chi connectivity index (χ2n) is 17.8. The van der Waals surface area contributed by atoms with Crippen molar-refractivity contribution < 1.29 is 0 Å². The van der Waals surface area contributed by atoms with Gasteiger partial charge in [-0.3, -0.25) is 0 Å². The van der Waals surface area contributed by atoms with Crippen molar-refractivity contribution >= 4 is 71.2 Å². The van der Waals surface area contributed by atoms with Gasteiger partial charge in [0.1, 0.15) is 0 Å². The summed E-state index contributed by atoms with van der Waals surface area (Å²) in [5.41, 5.74) is 16.2. The summed E-state index contributed by atoms with van der Waals surface area (Å²) in [5.74, 6) is 0. The maximum atomic E-state index is 2.44. The van der Waals surface area contributed by atoms with Crippen LogP contribution in [0.15, 0.2) is 267 Å². The van der Waals surface area contributed by atoms with Crippen LogP contribution in [0.3, 0.4) is 0 Å². The molecule has 0 saturated heterocycles. The number of para-hydroxylation sites is 2. The first-order chi connectivity index (χ1) is 33.7. The molecule has 2 heteroatoms. The minimum Gasteiger partial charge on any atom is -0.310 e. The number of anilines is 3. The van der Waals surface area contributed by atoms with E-state index in [0.29, 0.717) is 0 Å². The van der Waals surface area contributed by atoms with Gasteiger partial charge >= 0.3 is 0 Å². The number of hydrogen-bond donors (Lipinski definition) is 0.